The molecule has 13 heteroatoms. The molecule has 2 bridgehead atoms. The normalized spacial score (nSPS) is 23.9. The predicted octanol–water partition coefficient (Wildman–Crippen LogP) is 6.33. The second-order valence-corrected chi connectivity index (χ2v) is 15.0. The number of rotatable bonds is 9. The molecule has 43 heavy (non-hydrogen) atoms. The molecule has 3 aromatic rings. The van der Waals surface area contributed by atoms with Crippen LogP contribution in [0.4, 0.5) is 14.5 Å². The Labute approximate surface area is 256 Å². The smallest absolute Gasteiger partial charge is 0.344 e. The SMILES string of the molecule is O=C(CS(=O)(=O)C1CC1)c1ccc(N2C[C@@H]3C[C@H]2C[C@H]3OC(=O)c2c(-c3c(Cl)cccc3Cl)noc2C2(F)CC2)c(F)c1. The highest BCUT2D eigenvalue weighted by atomic mass is 35.5. The van der Waals surface area contributed by atoms with Crippen molar-refractivity contribution in [2.75, 3.05) is 17.2 Å². The number of hydrogen-bond donors (Lipinski definition) is 0. The summed E-state index contributed by atoms with van der Waals surface area (Å²) in [7, 11) is -3.51. The largest absolute Gasteiger partial charge is 0.458 e. The van der Waals surface area contributed by atoms with Crippen LogP contribution in [0.2, 0.25) is 10.0 Å². The molecule has 7 rings (SSSR count). The molecule has 8 nitrogen and oxygen atoms in total. The Morgan fingerprint density at radius 2 is 1.84 bits per heavy atom. The molecule has 1 aromatic heterocycles. The van der Waals surface area contributed by atoms with Gasteiger partial charge in [-0.05, 0) is 62.4 Å². The minimum absolute atomic E-state index is 0.0156. The minimum atomic E-state index is -3.51. The summed E-state index contributed by atoms with van der Waals surface area (Å²) in [4.78, 5) is 28.0. The van der Waals surface area contributed by atoms with Gasteiger partial charge >= 0.3 is 5.97 Å². The molecule has 0 spiro atoms. The van der Waals surface area contributed by atoms with Crippen LogP contribution in [0, 0.1) is 11.7 Å². The van der Waals surface area contributed by atoms with Crippen molar-refractivity contribution < 1.29 is 36.0 Å². The Bertz CT molecular complexity index is 1750. The van der Waals surface area contributed by atoms with Gasteiger partial charge in [-0.3, -0.25) is 4.79 Å². The molecule has 0 N–H and O–H groups in total. The molecule has 2 aromatic carbocycles. The van der Waals surface area contributed by atoms with Crippen LogP contribution in [-0.4, -0.2) is 55.0 Å². The first kappa shape index (κ1) is 28.7. The van der Waals surface area contributed by atoms with Gasteiger partial charge in [0.05, 0.1) is 21.0 Å². The molecule has 3 saturated carbocycles. The second-order valence-electron chi connectivity index (χ2n) is 11.9. The van der Waals surface area contributed by atoms with Crippen LogP contribution in [-0.2, 0) is 20.2 Å². The van der Waals surface area contributed by atoms with Gasteiger partial charge in [0, 0.05) is 36.1 Å². The third-order valence-electron chi connectivity index (χ3n) is 8.87. The van der Waals surface area contributed by atoms with E-state index < -0.39 is 50.2 Å². The number of ketones is 1. The third-order valence-corrected chi connectivity index (χ3v) is 11.7. The number of esters is 1. The van der Waals surface area contributed by atoms with Crippen molar-refractivity contribution in [3.05, 3.63) is 69.1 Å². The monoisotopic (exact) mass is 650 g/mol. The number of piperidine rings is 1. The number of carbonyl (C=O) groups is 2. The van der Waals surface area contributed by atoms with Crippen LogP contribution in [0.25, 0.3) is 11.3 Å². The highest BCUT2D eigenvalue weighted by molar-refractivity contribution is 7.93. The van der Waals surface area contributed by atoms with Crippen molar-refractivity contribution in [2.24, 2.45) is 5.92 Å². The van der Waals surface area contributed by atoms with Crippen molar-refractivity contribution in [3.8, 4) is 11.3 Å². The van der Waals surface area contributed by atoms with Crippen LogP contribution >= 0.6 is 23.2 Å². The average molecular weight is 652 g/mol. The maximum atomic E-state index is 15.2. The van der Waals surface area contributed by atoms with Crippen molar-refractivity contribution >= 4 is 50.5 Å². The number of hydrogen-bond acceptors (Lipinski definition) is 8. The van der Waals surface area contributed by atoms with Crippen LogP contribution < -0.4 is 4.90 Å². The van der Waals surface area contributed by atoms with Gasteiger partial charge in [-0.15, -0.1) is 0 Å². The third kappa shape index (κ3) is 5.13. The van der Waals surface area contributed by atoms with Gasteiger partial charge < -0.3 is 14.2 Å². The van der Waals surface area contributed by atoms with Crippen molar-refractivity contribution in [3.63, 3.8) is 0 Å². The Hall–Kier alpha value is -3.02. The van der Waals surface area contributed by atoms with E-state index in [0.717, 1.165) is 6.07 Å². The zero-order valence-corrected chi connectivity index (χ0v) is 25.0. The molecule has 4 aliphatic rings. The predicted molar refractivity (Wildman–Crippen MR) is 155 cm³/mol. The van der Waals surface area contributed by atoms with E-state index in [4.69, 9.17) is 32.5 Å². The molecule has 0 radical (unpaired) electrons. The molecule has 3 atom stereocenters. The molecule has 1 aliphatic heterocycles. The molecular formula is C30H26Cl2F2N2O6S. The molecule has 0 unspecified atom stereocenters. The number of alkyl halides is 1. The van der Waals surface area contributed by atoms with E-state index in [1.165, 1.54) is 12.1 Å². The van der Waals surface area contributed by atoms with Crippen molar-refractivity contribution in [2.45, 2.75) is 61.6 Å². The van der Waals surface area contributed by atoms with Crippen LogP contribution in [0.15, 0.2) is 40.9 Å². The minimum Gasteiger partial charge on any atom is -0.458 e. The summed E-state index contributed by atoms with van der Waals surface area (Å²) < 4.78 is 66.1. The first-order valence-electron chi connectivity index (χ1n) is 14.1. The van der Waals surface area contributed by atoms with Crippen LogP contribution in [0.3, 0.4) is 0 Å². The van der Waals surface area contributed by atoms with Gasteiger partial charge in [0.1, 0.15) is 28.9 Å². The van der Waals surface area contributed by atoms with E-state index in [1.54, 1.807) is 18.2 Å². The van der Waals surface area contributed by atoms with E-state index in [9.17, 15) is 18.0 Å². The van der Waals surface area contributed by atoms with E-state index in [0.29, 0.717) is 37.9 Å². The fourth-order valence-corrected chi connectivity index (χ4v) is 8.48. The number of ether oxygens (including phenoxy) is 1. The number of Topliss-reactive ketones (excluding diaryl/α,β-unsaturated/α-hetero) is 1. The Morgan fingerprint density at radius 3 is 2.44 bits per heavy atom. The number of nitrogens with zero attached hydrogens (tertiary/aromatic N) is 2. The van der Waals surface area contributed by atoms with Crippen molar-refractivity contribution in [1.82, 2.24) is 5.16 Å². The summed E-state index contributed by atoms with van der Waals surface area (Å²) in [5.74, 6) is -2.97. The van der Waals surface area contributed by atoms with Crippen LogP contribution in [0.5, 0.6) is 0 Å². The molecule has 3 aliphatic carbocycles. The number of sulfone groups is 1. The first-order valence-corrected chi connectivity index (χ1v) is 16.6. The van der Waals surface area contributed by atoms with Gasteiger partial charge in [0.25, 0.3) is 0 Å². The maximum Gasteiger partial charge on any atom is 0.344 e. The summed E-state index contributed by atoms with van der Waals surface area (Å²) in [6, 6.07) is 8.69. The molecule has 1 saturated heterocycles. The number of benzene rings is 2. The maximum absolute atomic E-state index is 15.2. The first-order chi connectivity index (χ1) is 20.4. The number of anilines is 1. The Morgan fingerprint density at radius 1 is 1.12 bits per heavy atom. The number of fused-ring (bicyclic) bond motifs is 2. The Kier molecular flexibility index (Phi) is 6.87. The summed E-state index contributed by atoms with van der Waals surface area (Å²) >= 11 is 12.7. The lowest BCUT2D eigenvalue weighted by Gasteiger charge is -2.33. The van der Waals surface area contributed by atoms with Gasteiger partial charge in [-0.25, -0.2) is 22.0 Å². The number of aromatic nitrogens is 1. The molecule has 0 amide bonds. The quantitative estimate of drug-likeness (QED) is 0.195. The van der Waals surface area contributed by atoms with Gasteiger partial charge in [-0.2, -0.15) is 0 Å². The zero-order valence-electron chi connectivity index (χ0n) is 22.7. The van der Waals surface area contributed by atoms with Crippen molar-refractivity contribution in [1.29, 1.82) is 0 Å². The average Bonchev–Trinajstić information content (AvgIpc) is 3.82. The van der Waals surface area contributed by atoms with Gasteiger partial charge in [-0.1, -0.05) is 34.4 Å². The number of carbonyl (C=O) groups excluding carboxylic acids is 2. The lowest BCUT2D eigenvalue weighted by atomic mass is 10.0. The van der Waals surface area contributed by atoms with E-state index >= 15 is 8.78 Å². The molecule has 4 fully saturated rings. The van der Waals surface area contributed by atoms with E-state index in [2.05, 4.69) is 5.16 Å². The summed E-state index contributed by atoms with van der Waals surface area (Å²) in [6.45, 7) is 0.398. The Balaban J connectivity index is 1.07. The summed E-state index contributed by atoms with van der Waals surface area (Å²) in [5.41, 5.74) is -1.37. The lowest BCUT2D eigenvalue weighted by Crippen LogP contribution is -2.40. The standard InChI is InChI=1S/C30H26Cl2F2N2O6S/c31-19-2-1-3-20(32)25(19)27-26(28(42-35-27)30(34)8-9-30)29(38)41-24-12-17-10-16(24)13-36(17)22-7-4-15(11-21(22)33)23(37)14-43(39,40)18-5-6-18/h1-4,7,11,16-18,24H,5-6,8-10,12-14H2/t16-,17-,24+/m0/s1. The topological polar surface area (TPSA) is 107 Å². The summed E-state index contributed by atoms with van der Waals surface area (Å²) in [6.07, 6.45) is 2.05. The molecule has 226 valence electrons. The molecule has 2 heterocycles. The van der Waals surface area contributed by atoms with Gasteiger partial charge in [0.2, 0.25) is 0 Å². The fraction of sp³-hybridized carbons (Fsp3) is 0.433. The lowest BCUT2D eigenvalue weighted by molar-refractivity contribution is 0.0187. The van der Waals surface area contributed by atoms with E-state index in [-0.39, 0.29) is 63.0 Å². The van der Waals surface area contributed by atoms with Crippen LogP contribution in [0.1, 0.15) is 65.0 Å². The number of halogens is 4. The molecular weight excluding hydrogens is 625 g/mol. The van der Waals surface area contributed by atoms with Gasteiger partial charge in [0.15, 0.2) is 27.0 Å². The fourth-order valence-electron chi connectivity index (χ4n) is 6.28. The summed E-state index contributed by atoms with van der Waals surface area (Å²) in [5, 5.41) is 3.96. The highest BCUT2D eigenvalue weighted by Gasteiger charge is 2.53. The van der Waals surface area contributed by atoms with E-state index in [1.807, 2.05) is 4.90 Å². The zero-order chi connectivity index (χ0) is 30.3. The second kappa shape index (κ2) is 10.3. The highest BCUT2D eigenvalue weighted by Crippen LogP contribution is 2.53.